The molecule has 6 atom stereocenters. The van der Waals surface area contributed by atoms with Crippen molar-refractivity contribution in [2.24, 2.45) is 0 Å². The van der Waals surface area contributed by atoms with Crippen LogP contribution in [0.1, 0.15) is 85.0 Å². The van der Waals surface area contributed by atoms with E-state index < -0.39 is 24.4 Å². The van der Waals surface area contributed by atoms with E-state index in [4.69, 9.17) is 14.2 Å². The summed E-state index contributed by atoms with van der Waals surface area (Å²) in [6, 6.07) is -0.423. The predicted octanol–water partition coefficient (Wildman–Crippen LogP) is 2.85. The van der Waals surface area contributed by atoms with Crippen LogP contribution in [0.4, 0.5) is 0 Å². The molecule has 12 heteroatoms. The van der Waals surface area contributed by atoms with Gasteiger partial charge in [0.05, 0.1) is 25.2 Å². The molecule has 0 aliphatic carbocycles. The number of hydrogen-bond acceptors (Lipinski definition) is 10. The van der Waals surface area contributed by atoms with Gasteiger partial charge in [-0.1, -0.05) is 25.8 Å². The maximum atomic E-state index is 13.4. The molecule has 5 N–H and O–H groups in total. The topological polar surface area (TPSA) is 153 Å². The molecular weight excluding hydrogens is 592 g/mol. The van der Waals surface area contributed by atoms with Crippen LogP contribution in [0.2, 0.25) is 0 Å². The van der Waals surface area contributed by atoms with Gasteiger partial charge >= 0.3 is 0 Å². The number of ether oxygens (including phenoxy) is 3. The lowest BCUT2D eigenvalue weighted by Crippen LogP contribution is -2.69. The third kappa shape index (κ3) is 5.10. The van der Waals surface area contributed by atoms with Gasteiger partial charge in [0, 0.05) is 41.3 Å². The number of amides is 2. The Labute approximate surface area is 269 Å². The Morgan fingerprint density at radius 1 is 1.09 bits per heavy atom. The van der Waals surface area contributed by atoms with E-state index in [2.05, 4.69) is 22.5 Å². The number of hydrogen-bond donors (Lipinski definition) is 5. The summed E-state index contributed by atoms with van der Waals surface area (Å²) in [7, 11) is 3.49. The first-order chi connectivity index (χ1) is 22.0. The number of piperazine rings is 1. The Kier molecular flexibility index (Phi) is 8.73. The van der Waals surface area contributed by atoms with Gasteiger partial charge in [-0.2, -0.15) is 0 Å². The number of nitrogens with zero attached hydrogens (tertiary/aromatic N) is 2. The fraction of sp³-hybridized carbons (Fsp3) is 0.588. The van der Waals surface area contributed by atoms with Gasteiger partial charge in [-0.15, -0.1) is 0 Å². The zero-order valence-electron chi connectivity index (χ0n) is 27.5. The van der Waals surface area contributed by atoms with Crippen molar-refractivity contribution in [2.45, 2.75) is 103 Å². The molecule has 1 unspecified atom stereocenters. The van der Waals surface area contributed by atoms with Crippen molar-refractivity contribution in [1.82, 2.24) is 20.4 Å². The minimum atomic E-state index is -0.948. The molecule has 250 valence electrons. The molecule has 4 heterocycles. The van der Waals surface area contributed by atoms with Gasteiger partial charge in [0.2, 0.25) is 18.6 Å². The van der Waals surface area contributed by atoms with Crippen LogP contribution in [-0.2, 0) is 22.4 Å². The lowest BCUT2D eigenvalue weighted by atomic mass is 9.73. The van der Waals surface area contributed by atoms with E-state index >= 15 is 0 Å². The van der Waals surface area contributed by atoms with Crippen molar-refractivity contribution >= 4 is 11.8 Å². The molecule has 46 heavy (non-hydrogen) atoms. The maximum Gasteiger partial charge on any atom is 0.242 e. The monoisotopic (exact) mass is 638 g/mol. The van der Waals surface area contributed by atoms with Crippen molar-refractivity contribution in [3.05, 3.63) is 39.4 Å². The molecular formula is C34H46N4O8. The number of benzene rings is 2. The molecule has 0 aromatic heterocycles. The molecule has 6 rings (SSSR count). The number of likely N-dealkylation sites (N-methyl/N-ethyl adjacent to an activating group) is 1. The fourth-order valence-electron chi connectivity index (χ4n) is 8.12. The molecule has 0 saturated carbocycles. The van der Waals surface area contributed by atoms with Crippen LogP contribution in [0.15, 0.2) is 6.07 Å². The molecule has 0 radical (unpaired) electrons. The minimum absolute atomic E-state index is 0.00734. The summed E-state index contributed by atoms with van der Waals surface area (Å²) < 4.78 is 17.4. The first-order valence-electron chi connectivity index (χ1n) is 16.3. The van der Waals surface area contributed by atoms with Gasteiger partial charge in [0.25, 0.3) is 0 Å². The summed E-state index contributed by atoms with van der Waals surface area (Å²) in [5.41, 5.74) is 4.39. The number of unbranched alkanes of at least 4 members (excludes halogenated alkanes) is 2. The number of aliphatic hydroxyl groups is 1. The maximum absolute atomic E-state index is 13.4. The van der Waals surface area contributed by atoms with Crippen molar-refractivity contribution in [1.29, 1.82) is 0 Å². The van der Waals surface area contributed by atoms with Crippen molar-refractivity contribution in [2.75, 3.05) is 27.5 Å². The number of methoxy groups -OCH3 is 1. The van der Waals surface area contributed by atoms with E-state index in [1.54, 1.807) is 13.8 Å². The van der Waals surface area contributed by atoms with Crippen LogP contribution in [0.3, 0.4) is 0 Å². The summed E-state index contributed by atoms with van der Waals surface area (Å²) in [5, 5.41) is 41.0. The number of aliphatic hydroxyl groups excluding tert-OH is 1. The summed E-state index contributed by atoms with van der Waals surface area (Å²) in [5.74, 6) is 0.997. The number of rotatable bonds is 9. The van der Waals surface area contributed by atoms with E-state index in [1.165, 1.54) is 7.11 Å². The van der Waals surface area contributed by atoms with Crippen LogP contribution in [0, 0.1) is 13.8 Å². The second-order valence-electron chi connectivity index (χ2n) is 13.1. The number of aromatic hydroxyl groups is 2. The van der Waals surface area contributed by atoms with Crippen LogP contribution < -0.4 is 24.8 Å². The highest BCUT2D eigenvalue weighted by molar-refractivity contribution is 5.87. The number of aryl methyl sites for hydroxylation is 1. The average molecular weight is 639 g/mol. The Hall–Kier alpha value is -3.74. The standard InChI is InChI=1S/C34H46N4O8/c1-7-8-9-10-24(39)36-18(4)33(42)35-14-23-26-20(28(40)17(3)31-32(26)46-15-45-31)13-21-27-25-19(11-16(2)30(44-6)29(25)41)12-22(37(27)5)34(43)38(21)23/h11,18,21-23,27,34,40-41,43H,7-10,12-15H2,1-6H3,(H,35,42)(H,36,39)/t18-,21?,22-,23-,27-,34-/m0/s1. The first-order valence-corrected chi connectivity index (χ1v) is 16.3. The second kappa shape index (κ2) is 12.5. The lowest BCUT2D eigenvalue weighted by Gasteiger charge is -2.60. The zero-order chi connectivity index (χ0) is 33.0. The largest absolute Gasteiger partial charge is 0.507 e. The Morgan fingerprint density at radius 3 is 2.54 bits per heavy atom. The Balaban J connectivity index is 1.39. The zero-order valence-corrected chi connectivity index (χ0v) is 27.5. The number of phenolic OH excluding ortho intramolecular Hbond substituents is 2. The normalized spacial score (nSPS) is 25.2. The smallest absolute Gasteiger partial charge is 0.242 e. The summed E-state index contributed by atoms with van der Waals surface area (Å²) >= 11 is 0. The highest BCUT2D eigenvalue weighted by Gasteiger charge is 2.56. The summed E-state index contributed by atoms with van der Waals surface area (Å²) in [4.78, 5) is 29.9. The lowest BCUT2D eigenvalue weighted by molar-refractivity contribution is -0.172. The molecule has 4 aliphatic rings. The third-order valence-corrected chi connectivity index (χ3v) is 10.4. The fourth-order valence-corrected chi connectivity index (χ4v) is 8.12. The van der Waals surface area contributed by atoms with E-state index in [0.717, 1.165) is 36.0 Å². The van der Waals surface area contributed by atoms with Crippen LogP contribution in [0.25, 0.3) is 0 Å². The van der Waals surface area contributed by atoms with E-state index in [-0.39, 0.29) is 48.7 Å². The Bertz CT molecular complexity index is 1550. The second-order valence-corrected chi connectivity index (χ2v) is 13.1. The van der Waals surface area contributed by atoms with E-state index in [0.29, 0.717) is 53.2 Å². The van der Waals surface area contributed by atoms with E-state index in [1.807, 2.05) is 24.9 Å². The number of nitrogens with one attached hydrogen (secondary N) is 2. The molecule has 2 aromatic carbocycles. The molecule has 2 amide bonds. The number of carbonyl (C=O) groups excluding carboxylic acids is 2. The van der Waals surface area contributed by atoms with Crippen LogP contribution in [0.5, 0.6) is 28.7 Å². The van der Waals surface area contributed by atoms with Crippen molar-refractivity contribution in [3.63, 3.8) is 0 Å². The molecule has 1 fully saturated rings. The minimum Gasteiger partial charge on any atom is -0.507 e. The molecule has 1 saturated heterocycles. The highest BCUT2D eigenvalue weighted by Crippen LogP contribution is 2.57. The number of phenols is 2. The molecule has 12 nitrogen and oxygen atoms in total. The van der Waals surface area contributed by atoms with Crippen LogP contribution >= 0.6 is 0 Å². The predicted molar refractivity (Wildman–Crippen MR) is 169 cm³/mol. The van der Waals surface area contributed by atoms with Crippen LogP contribution in [-0.4, -0.2) is 88.8 Å². The average Bonchev–Trinajstić information content (AvgIpc) is 3.51. The number of carbonyl (C=O) groups is 2. The van der Waals surface area contributed by atoms with Crippen molar-refractivity contribution in [3.8, 4) is 28.7 Å². The summed E-state index contributed by atoms with van der Waals surface area (Å²) in [6.07, 6.45) is 2.97. The molecule has 4 aliphatic heterocycles. The van der Waals surface area contributed by atoms with Gasteiger partial charge < -0.3 is 40.2 Å². The Morgan fingerprint density at radius 2 is 1.83 bits per heavy atom. The SMILES string of the molecule is CCCCCC(=O)N[C@@H](C)C(=O)NC[C@H]1c2c(c(O)c(C)c3c2OCO3)CC2[C@H]3c4c(cc(C)c(OC)c4O)C[C@@H]([C@H](O)N21)N3C. The first kappa shape index (κ1) is 32.2. The van der Waals surface area contributed by atoms with Gasteiger partial charge in [-0.3, -0.25) is 19.4 Å². The van der Waals surface area contributed by atoms with Crippen molar-refractivity contribution < 1.29 is 39.1 Å². The quantitative estimate of drug-likeness (QED) is 0.259. The van der Waals surface area contributed by atoms with Gasteiger partial charge in [-0.25, -0.2) is 0 Å². The highest BCUT2D eigenvalue weighted by atomic mass is 16.7. The molecule has 2 aromatic rings. The molecule has 0 spiro atoms. The van der Waals surface area contributed by atoms with Gasteiger partial charge in [-0.05, 0) is 58.2 Å². The van der Waals surface area contributed by atoms with E-state index in [9.17, 15) is 24.9 Å². The van der Waals surface area contributed by atoms with Gasteiger partial charge in [0.15, 0.2) is 23.0 Å². The molecule has 2 bridgehead atoms. The number of fused-ring (bicyclic) bond motifs is 9. The summed E-state index contributed by atoms with van der Waals surface area (Å²) in [6.45, 7) is 7.46. The third-order valence-electron chi connectivity index (χ3n) is 10.4. The van der Waals surface area contributed by atoms with Gasteiger partial charge in [0.1, 0.15) is 18.0 Å².